The van der Waals surface area contributed by atoms with Crippen molar-refractivity contribution in [2.75, 3.05) is 20.0 Å². The number of methoxy groups -OCH3 is 1. The molecule has 0 bridgehead atoms. The highest BCUT2D eigenvalue weighted by Gasteiger charge is 1.92. The number of nitrogens with zero attached hydrogens (tertiary/aromatic N) is 2. The molecular formula is C14H21N3O2. The smallest absolute Gasteiger partial charge is 0.140 e. The van der Waals surface area contributed by atoms with Crippen LogP contribution in [-0.2, 0) is 0 Å². The van der Waals surface area contributed by atoms with Crippen LogP contribution in [0.1, 0.15) is 11.4 Å². The molecule has 2 aromatic heterocycles. The van der Waals surface area contributed by atoms with Crippen LogP contribution in [0.5, 0.6) is 5.75 Å². The largest absolute Gasteiger partial charge is 0.495 e. The van der Waals surface area contributed by atoms with Crippen LogP contribution < -0.4 is 10.5 Å². The molecule has 0 unspecified atom stereocenters. The van der Waals surface area contributed by atoms with Gasteiger partial charge in [0.25, 0.3) is 0 Å². The molecule has 0 atom stereocenters. The molecule has 0 fully saturated rings. The number of rotatable bonds is 1. The Kier molecular flexibility index (Phi) is 8.74. The lowest BCUT2D eigenvalue weighted by atomic mass is 10.3. The Morgan fingerprint density at radius 2 is 1.53 bits per heavy atom. The Bertz CT molecular complexity index is 455. The molecule has 2 rings (SSSR count). The molecule has 0 spiro atoms. The first kappa shape index (κ1) is 16.9. The fourth-order valence-electron chi connectivity index (χ4n) is 1.18. The van der Waals surface area contributed by atoms with E-state index in [0.717, 1.165) is 29.9 Å². The van der Waals surface area contributed by atoms with Gasteiger partial charge in [0.1, 0.15) is 5.75 Å². The minimum Gasteiger partial charge on any atom is -0.495 e. The van der Waals surface area contributed by atoms with Crippen molar-refractivity contribution < 1.29 is 9.84 Å². The van der Waals surface area contributed by atoms with E-state index in [9.17, 15) is 0 Å². The number of nitrogen functional groups attached to an aromatic ring is 1. The molecule has 0 aliphatic rings. The highest BCUT2D eigenvalue weighted by molar-refractivity contribution is 5.40. The summed E-state index contributed by atoms with van der Waals surface area (Å²) in [4.78, 5) is 7.98. The molecule has 0 saturated heterocycles. The van der Waals surface area contributed by atoms with Gasteiger partial charge in [0.15, 0.2) is 0 Å². The molecule has 5 nitrogen and oxygen atoms in total. The highest BCUT2D eigenvalue weighted by atomic mass is 16.5. The Morgan fingerprint density at radius 3 is 1.84 bits per heavy atom. The average molecular weight is 263 g/mol. The maximum atomic E-state index is 7.00. The zero-order chi connectivity index (χ0) is 14.7. The van der Waals surface area contributed by atoms with E-state index in [1.54, 1.807) is 19.5 Å². The summed E-state index contributed by atoms with van der Waals surface area (Å²) in [6.07, 6.45) is 3.48. The zero-order valence-corrected chi connectivity index (χ0v) is 11.8. The van der Waals surface area contributed by atoms with Crippen LogP contribution >= 0.6 is 0 Å². The Labute approximate surface area is 114 Å². The summed E-state index contributed by atoms with van der Waals surface area (Å²) in [6, 6.07) is 7.40. The number of aryl methyl sites for hydroxylation is 2. The molecule has 19 heavy (non-hydrogen) atoms. The SMILES string of the molecule is CO.COc1cccnc1C.Cc1ncccc1N. The summed E-state index contributed by atoms with van der Waals surface area (Å²) in [5, 5.41) is 7.00. The lowest BCUT2D eigenvalue weighted by Gasteiger charge is -1.99. The molecule has 0 aliphatic carbocycles. The van der Waals surface area contributed by atoms with Gasteiger partial charge in [-0.15, -0.1) is 0 Å². The third-order valence-electron chi connectivity index (χ3n) is 2.23. The molecule has 2 heterocycles. The number of aliphatic hydroxyl groups is 1. The average Bonchev–Trinajstić information content (AvgIpc) is 2.46. The van der Waals surface area contributed by atoms with Crippen molar-refractivity contribution >= 4 is 5.69 Å². The summed E-state index contributed by atoms with van der Waals surface area (Å²) >= 11 is 0. The number of hydrogen-bond donors (Lipinski definition) is 2. The Hall–Kier alpha value is -2.14. The topological polar surface area (TPSA) is 81.3 Å². The molecular weight excluding hydrogens is 242 g/mol. The molecule has 2 aromatic rings. The van der Waals surface area contributed by atoms with Gasteiger partial charge >= 0.3 is 0 Å². The van der Waals surface area contributed by atoms with Gasteiger partial charge in [-0.2, -0.15) is 0 Å². The lowest BCUT2D eigenvalue weighted by Crippen LogP contribution is -1.89. The summed E-state index contributed by atoms with van der Waals surface area (Å²) in [5.74, 6) is 0.845. The summed E-state index contributed by atoms with van der Waals surface area (Å²) in [6.45, 7) is 3.80. The molecule has 0 amide bonds. The third kappa shape index (κ3) is 6.38. The van der Waals surface area contributed by atoms with Gasteiger partial charge in [0.05, 0.1) is 24.2 Å². The molecule has 0 aromatic carbocycles. The Balaban J connectivity index is 0.000000303. The molecule has 5 heteroatoms. The zero-order valence-electron chi connectivity index (χ0n) is 11.8. The van der Waals surface area contributed by atoms with Gasteiger partial charge in [-0.05, 0) is 38.1 Å². The van der Waals surface area contributed by atoms with Gasteiger partial charge in [-0.25, -0.2) is 0 Å². The Morgan fingerprint density at radius 1 is 1.00 bits per heavy atom. The molecule has 3 N–H and O–H groups in total. The second kappa shape index (κ2) is 9.85. The predicted octanol–water partition coefficient (Wildman–Crippen LogP) is 1.98. The number of nitrogens with two attached hydrogens (primary N) is 1. The normalized spacial score (nSPS) is 8.47. The van der Waals surface area contributed by atoms with Crippen LogP contribution in [0.3, 0.4) is 0 Å². The van der Waals surface area contributed by atoms with Gasteiger partial charge in [0, 0.05) is 19.5 Å². The van der Waals surface area contributed by atoms with E-state index < -0.39 is 0 Å². The van der Waals surface area contributed by atoms with Gasteiger partial charge in [0.2, 0.25) is 0 Å². The van der Waals surface area contributed by atoms with Gasteiger partial charge in [-0.3, -0.25) is 9.97 Å². The summed E-state index contributed by atoms with van der Waals surface area (Å²) in [5.41, 5.74) is 8.04. The van der Waals surface area contributed by atoms with E-state index in [-0.39, 0.29) is 0 Å². The quantitative estimate of drug-likeness (QED) is 0.822. The first-order chi connectivity index (χ1) is 9.15. The number of pyridine rings is 2. The first-order valence-corrected chi connectivity index (χ1v) is 5.72. The standard InChI is InChI=1S/C7H9NO.C6H8N2.CH4O/c1-6-7(9-2)4-3-5-8-6;1-5-6(7)3-2-4-8-5;1-2/h3-5H,1-2H3;2-4H,7H2,1H3;2H,1H3. The number of anilines is 1. The van der Waals surface area contributed by atoms with Gasteiger partial charge in [-0.1, -0.05) is 0 Å². The number of hydrogen-bond acceptors (Lipinski definition) is 5. The van der Waals surface area contributed by atoms with Crippen molar-refractivity contribution in [2.24, 2.45) is 0 Å². The van der Waals surface area contributed by atoms with Gasteiger partial charge < -0.3 is 15.6 Å². The molecule has 0 aliphatic heterocycles. The molecule has 104 valence electrons. The summed E-state index contributed by atoms with van der Waals surface area (Å²) in [7, 11) is 2.64. The third-order valence-corrected chi connectivity index (χ3v) is 2.23. The summed E-state index contributed by atoms with van der Waals surface area (Å²) < 4.78 is 4.98. The van der Waals surface area contributed by atoms with Crippen molar-refractivity contribution in [3.05, 3.63) is 48.0 Å². The van der Waals surface area contributed by atoms with E-state index in [2.05, 4.69) is 9.97 Å². The van der Waals surface area contributed by atoms with Crippen molar-refractivity contribution in [1.29, 1.82) is 0 Å². The molecule has 0 saturated carbocycles. The van der Waals surface area contributed by atoms with Crippen molar-refractivity contribution in [2.45, 2.75) is 13.8 Å². The van der Waals surface area contributed by atoms with Crippen molar-refractivity contribution in [1.82, 2.24) is 9.97 Å². The highest BCUT2D eigenvalue weighted by Crippen LogP contribution is 2.11. The minimum atomic E-state index is 0.757. The first-order valence-electron chi connectivity index (χ1n) is 5.72. The van der Waals surface area contributed by atoms with E-state index in [1.807, 2.05) is 38.1 Å². The molecule has 0 radical (unpaired) electrons. The second-order valence-electron chi connectivity index (χ2n) is 3.47. The van der Waals surface area contributed by atoms with Crippen molar-refractivity contribution in [3.63, 3.8) is 0 Å². The van der Waals surface area contributed by atoms with E-state index in [4.69, 9.17) is 15.6 Å². The van der Waals surface area contributed by atoms with E-state index in [1.165, 1.54) is 0 Å². The van der Waals surface area contributed by atoms with Crippen molar-refractivity contribution in [3.8, 4) is 5.75 Å². The number of ether oxygens (including phenoxy) is 1. The maximum Gasteiger partial charge on any atom is 0.140 e. The van der Waals surface area contributed by atoms with E-state index in [0.29, 0.717) is 0 Å². The van der Waals surface area contributed by atoms with E-state index >= 15 is 0 Å². The van der Waals surface area contributed by atoms with Crippen LogP contribution in [0, 0.1) is 13.8 Å². The maximum absolute atomic E-state index is 7.00. The van der Waals surface area contributed by atoms with Crippen LogP contribution in [0.2, 0.25) is 0 Å². The second-order valence-corrected chi connectivity index (χ2v) is 3.47. The fourth-order valence-corrected chi connectivity index (χ4v) is 1.18. The van der Waals surface area contributed by atoms with Crippen LogP contribution in [0.15, 0.2) is 36.7 Å². The van der Waals surface area contributed by atoms with Crippen LogP contribution in [-0.4, -0.2) is 29.3 Å². The minimum absolute atomic E-state index is 0.757. The fraction of sp³-hybridized carbons (Fsp3) is 0.286. The number of aromatic nitrogens is 2. The monoisotopic (exact) mass is 263 g/mol. The predicted molar refractivity (Wildman–Crippen MR) is 77.1 cm³/mol. The van der Waals surface area contributed by atoms with Crippen LogP contribution in [0.25, 0.3) is 0 Å². The van der Waals surface area contributed by atoms with Crippen LogP contribution in [0.4, 0.5) is 5.69 Å². The number of aliphatic hydroxyl groups excluding tert-OH is 1. The lowest BCUT2D eigenvalue weighted by molar-refractivity contribution is 0.399.